The number of aryl methyl sites for hydroxylation is 5. The molecule has 3 aromatic heterocycles. The average molecular weight is 724 g/mol. The summed E-state index contributed by atoms with van der Waals surface area (Å²) in [6.45, 7) is 1.78. The molecule has 0 unspecified atom stereocenters. The summed E-state index contributed by atoms with van der Waals surface area (Å²) in [6, 6.07) is 62.7. The van der Waals surface area contributed by atoms with E-state index in [-0.39, 0.29) is 0 Å². The summed E-state index contributed by atoms with van der Waals surface area (Å²) in [5.74, 6) is 2.23. The number of rotatable bonds is 11. The number of benzene rings is 7. The lowest BCUT2D eigenvalue weighted by Gasteiger charge is -2.18. The van der Waals surface area contributed by atoms with E-state index in [1.54, 1.807) is 0 Å². The van der Waals surface area contributed by atoms with Crippen molar-refractivity contribution in [1.82, 2.24) is 24.1 Å². The molecule has 0 spiro atoms. The molecule has 5 heteroatoms. The van der Waals surface area contributed by atoms with Crippen molar-refractivity contribution in [1.29, 1.82) is 0 Å². The predicted octanol–water partition coefficient (Wildman–Crippen LogP) is 11.7. The van der Waals surface area contributed by atoms with Crippen molar-refractivity contribution in [3.05, 3.63) is 198 Å². The normalized spacial score (nSPS) is 11.6. The third kappa shape index (κ3) is 6.31. The SMILES string of the molecule is c1ccc(-c2nc(CCc3cccc(CCn4c5ccccc5c5ccccc54)c3CCn3c4ccccc4c4ccccc43)nc(-c3ccccc3)n2)cc1. The van der Waals surface area contributed by atoms with E-state index in [2.05, 4.69) is 149 Å². The van der Waals surface area contributed by atoms with Crippen molar-refractivity contribution in [3.8, 4) is 22.8 Å². The van der Waals surface area contributed by atoms with Gasteiger partial charge in [0.15, 0.2) is 11.6 Å². The van der Waals surface area contributed by atoms with Crippen molar-refractivity contribution in [2.75, 3.05) is 0 Å². The maximum Gasteiger partial charge on any atom is 0.163 e. The molecule has 0 aliphatic heterocycles. The molecule has 270 valence electrons. The van der Waals surface area contributed by atoms with Crippen LogP contribution in [-0.4, -0.2) is 24.1 Å². The van der Waals surface area contributed by atoms with Gasteiger partial charge in [0.2, 0.25) is 0 Å². The highest BCUT2D eigenvalue weighted by molar-refractivity contribution is 6.08. The van der Waals surface area contributed by atoms with Gasteiger partial charge in [0.05, 0.1) is 0 Å². The summed E-state index contributed by atoms with van der Waals surface area (Å²) in [4.78, 5) is 15.0. The molecule has 10 aromatic rings. The van der Waals surface area contributed by atoms with Gasteiger partial charge in [-0.1, -0.05) is 152 Å². The van der Waals surface area contributed by atoms with Crippen LogP contribution in [0, 0.1) is 0 Å². The molecule has 0 aliphatic carbocycles. The maximum absolute atomic E-state index is 5.05. The van der Waals surface area contributed by atoms with Crippen molar-refractivity contribution in [3.63, 3.8) is 0 Å². The Morgan fingerprint density at radius 1 is 0.321 bits per heavy atom. The first-order valence-electron chi connectivity index (χ1n) is 19.7. The summed E-state index contributed by atoms with van der Waals surface area (Å²) in [5, 5.41) is 5.23. The fraction of sp³-hybridized carbons (Fsp3) is 0.118. The van der Waals surface area contributed by atoms with Crippen LogP contribution in [0.1, 0.15) is 22.5 Å². The van der Waals surface area contributed by atoms with Crippen molar-refractivity contribution in [2.24, 2.45) is 0 Å². The second-order valence-corrected chi connectivity index (χ2v) is 14.6. The Balaban J connectivity index is 1.03. The highest BCUT2D eigenvalue weighted by atomic mass is 15.0. The zero-order chi connectivity index (χ0) is 37.3. The fourth-order valence-corrected chi connectivity index (χ4v) is 8.63. The summed E-state index contributed by atoms with van der Waals surface area (Å²) in [7, 11) is 0. The van der Waals surface area contributed by atoms with E-state index in [0.717, 1.165) is 49.3 Å². The molecule has 0 amide bonds. The number of hydrogen-bond donors (Lipinski definition) is 0. The van der Waals surface area contributed by atoms with Gasteiger partial charge < -0.3 is 9.13 Å². The van der Waals surface area contributed by atoms with Crippen molar-refractivity contribution < 1.29 is 0 Å². The first-order chi connectivity index (χ1) is 27.8. The molecule has 0 N–H and O–H groups in total. The molecular weight excluding hydrogens is 683 g/mol. The molecule has 0 fully saturated rings. The Labute approximate surface area is 326 Å². The van der Waals surface area contributed by atoms with Gasteiger partial charge in [0, 0.05) is 74.2 Å². The number of para-hydroxylation sites is 4. The fourth-order valence-electron chi connectivity index (χ4n) is 8.63. The highest BCUT2D eigenvalue weighted by Gasteiger charge is 2.17. The van der Waals surface area contributed by atoms with Crippen LogP contribution in [0.4, 0.5) is 0 Å². The van der Waals surface area contributed by atoms with Gasteiger partial charge in [-0.25, -0.2) is 15.0 Å². The largest absolute Gasteiger partial charge is 0.340 e. The first kappa shape index (κ1) is 33.7. The number of hydrogen-bond acceptors (Lipinski definition) is 3. The monoisotopic (exact) mass is 723 g/mol. The minimum atomic E-state index is 0.709. The second-order valence-electron chi connectivity index (χ2n) is 14.6. The molecule has 0 saturated carbocycles. The molecule has 0 saturated heterocycles. The number of aromatic nitrogens is 5. The third-order valence-electron chi connectivity index (χ3n) is 11.3. The van der Waals surface area contributed by atoms with Crippen LogP contribution >= 0.6 is 0 Å². The summed E-state index contributed by atoms with van der Waals surface area (Å²) in [6.07, 6.45) is 3.39. The Kier molecular flexibility index (Phi) is 8.88. The van der Waals surface area contributed by atoms with E-state index >= 15 is 0 Å². The quantitative estimate of drug-likeness (QED) is 0.133. The van der Waals surface area contributed by atoms with E-state index in [0.29, 0.717) is 18.1 Å². The lowest BCUT2D eigenvalue weighted by Crippen LogP contribution is -2.10. The van der Waals surface area contributed by atoms with E-state index in [1.807, 2.05) is 36.4 Å². The maximum atomic E-state index is 5.05. The second kappa shape index (κ2) is 14.8. The average Bonchev–Trinajstić information content (AvgIpc) is 3.77. The molecule has 5 nitrogen and oxygen atoms in total. The molecule has 7 aromatic carbocycles. The number of fused-ring (bicyclic) bond motifs is 6. The Morgan fingerprint density at radius 2 is 0.714 bits per heavy atom. The topological polar surface area (TPSA) is 48.5 Å². The summed E-state index contributed by atoms with van der Waals surface area (Å²) < 4.78 is 5.03. The van der Waals surface area contributed by atoms with Gasteiger partial charge in [-0.2, -0.15) is 0 Å². The minimum absolute atomic E-state index is 0.709. The Hall–Kier alpha value is -6.85. The molecule has 0 radical (unpaired) electrons. The predicted molar refractivity (Wildman–Crippen MR) is 231 cm³/mol. The smallest absolute Gasteiger partial charge is 0.163 e. The van der Waals surface area contributed by atoms with Crippen LogP contribution in [-0.2, 0) is 38.8 Å². The molecule has 0 bridgehead atoms. The van der Waals surface area contributed by atoms with E-state index in [4.69, 9.17) is 15.0 Å². The number of nitrogens with zero attached hydrogens (tertiary/aromatic N) is 5. The summed E-state index contributed by atoms with van der Waals surface area (Å²) >= 11 is 0. The van der Waals surface area contributed by atoms with Crippen LogP contribution in [0.25, 0.3) is 66.4 Å². The Bertz CT molecular complexity index is 2810. The molecule has 10 rings (SSSR count). The molecule has 0 aliphatic rings. The summed E-state index contributed by atoms with van der Waals surface area (Å²) in [5.41, 5.74) is 11.3. The third-order valence-corrected chi connectivity index (χ3v) is 11.3. The molecule has 0 atom stereocenters. The van der Waals surface area contributed by atoms with Crippen molar-refractivity contribution >= 4 is 43.6 Å². The lowest BCUT2D eigenvalue weighted by molar-refractivity contribution is 0.703. The minimum Gasteiger partial charge on any atom is -0.340 e. The van der Waals surface area contributed by atoms with Gasteiger partial charge >= 0.3 is 0 Å². The lowest BCUT2D eigenvalue weighted by atomic mass is 9.93. The zero-order valence-electron chi connectivity index (χ0n) is 31.2. The van der Waals surface area contributed by atoms with E-state index in [9.17, 15) is 0 Å². The van der Waals surface area contributed by atoms with E-state index < -0.39 is 0 Å². The Morgan fingerprint density at radius 3 is 1.18 bits per heavy atom. The molecule has 3 heterocycles. The van der Waals surface area contributed by atoms with Gasteiger partial charge in [0.25, 0.3) is 0 Å². The molecule has 56 heavy (non-hydrogen) atoms. The van der Waals surface area contributed by atoms with Crippen molar-refractivity contribution in [2.45, 2.75) is 38.8 Å². The van der Waals surface area contributed by atoms with Gasteiger partial charge in [-0.15, -0.1) is 0 Å². The molecular formula is C51H41N5. The standard InChI is InChI=1S/C51H41N5/c1-3-16-38(17-4-1)50-52-49(53-51(54-50)39-18-5-2-6-19-39)31-30-36-20-15-21-37(32-34-55-45-26-11-7-22-41(45)42-23-8-12-27-46(42)55)40(36)33-35-56-47-28-13-9-24-43(47)44-25-10-14-29-48(44)56/h1-29H,30-35H2. The highest BCUT2D eigenvalue weighted by Crippen LogP contribution is 2.32. The van der Waals surface area contributed by atoms with Crippen LogP contribution in [0.2, 0.25) is 0 Å². The van der Waals surface area contributed by atoms with Crippen LogP contribution in [0.3, 0.4) is 0 Å². The van der Waals surface area contributed by atoms with Gasteiger partial charge in [-0.05, 0) is 60.2 Å². The van der Waals surface area contributed by atoms with Crippen LogP contribution < -0.4 is 0 Å². The first-order valence-corrected chi connectivity index (χ1v) is 19.7. The zero-order valence-corrected chi connectivity index (χ0v) is 31.2. The van der Waals surface area contributed by atoms with Crippen LogP contribution in [0.15, 0.2) is 176 Å². The van der Waals surface area contributed by atoms with Crippen LogP contribution in [0.5, 0.6) is 0 Å². The van der Waals surface area contributed by atoms with Gasteiger partial charge in [0.1, 0.15) is 5.82 Å². The van der Waals surface area contributed by atoms with Gasteiger partial charge in [-0.3, -0.25) is 0 Å². The van der Waals surface area contributed by atoms with E-state index in [1.165, 1.54) is 60.3 Å².